The first kappa shape index (κ1) is 20.0. The molecule has 0 saturated carbocycles. The minimum absolute atomic E-state index is 0.0175. The molecule has 0 aliphatic heterocycles. The second-order valence-corrected chi connectivity index (χ2v) is 5.83. The van der Waals surface area contributed by atoms with E-state index in [1.165, 1.54) is 12.1 Å². The number of benzene rings is 1. The van der Waals surface area contributed by atoms with Crippen LogP contribution in [-0.4, -0.2) is 41.5 Å². The molecule has 27 heavy (non-hydrogen) atoms. The maximum absolute atomic E-state index is 12.3. The number of anilines is 1. The number of rotatable bonds is 8. The molecule has 2 rings (SSSR count). The standard InChI is InChI=1S/C18H22N4O5/c1-4-27-18(24)15-11(2)16(21-12(15)3)17(23)20-10-9-19-13-5-7-14(8-6-13)22(25)26/h5-8,19,21H,4,9-10H2,1-3H3,(H,20,23). The molecule has 2 aromatic rings. The summed E-state index contributed by atoms with van der Waals surface area (Å²) >= 11 is 0. The van der Waals surface area contributed by atoms with Crippen molar-refractivity contribution in [3.8, 4) is 0 Å². The van der Waals surface area contributed by atoms with E-state index in [0.29, 0.717) is 41.3 Å². The number of amides is 1. The van der Waals surface area contributed by atoms with Crippen LogP contribution in [0.4, 0.5) is 11.4 Å². The average molecular weight is 374 g/mol. The Morgan fingerprint density at radius 1 is 1.19 bits per heavy atom. The second-order valence-electron chi connectivity index (χ2n) is 5.83. The zero-order valence-corrected chi connectivity index (χ0v) is 15.4. The summed E-state index contributed by atoms with van der Waals surface area (Å²) < 4.78 is 5.01. The normalized spacial score (nSPS) is 10.3. The number of nitro groups is 1. The molecule has 1 aromatic carbocycles. The molecule has 3 N–H and O–H groups in total. The van der Waals surface area contributed by atoms with Crippen LogP contribution in [0.2, 0.25) is 0 Å². The van der Waals surface area contributed by atoms with Crippen LogP contribution in [-0.2, 0) is 4.74 Å². The van der Waals surface area contributed by atoms with Gasteiger partial charge in [0.25, 0.3) is 11.6 Å². The number of aromatic amines is 1. The summed E-state index contributed by atoms with van der Waals surface area (Å²) in [6, 6.07) is 6.01. The molecule has 0 fully saturated rings. The molecule has 0 spiro atoms. The number of aromatic nitrogens is 1. The lowest BCUT2D eigenvalue weighted by molar-refractivity contribution is -0.384. The highest BCUT2D eigenvalue weighted by atomic mass is 16.6. The molecule has 1 heterocycles. The fourth-order valence-electron chi connectivity index (χ4n) is 2.66. The van der Waals surface area contributed by atoms with Crippen LogP contribution in [0.25, 0.3) is 0 Å². The summed E-state index contributed by atoms with van der Waals surface area (Å²) in [5, 5.41) is 16.4. The van der Waals surface area contributed by atoms with E-state index in [9.17, 15) is 19.7 Å². The molecule has 0 aliphatic carbocycles. The molecule has 1 amide bonds. The summed E-state index contributed by atoms with van der Waals surface area (Å²) in [6.07, 6.45) is 0. The van der Waals surface area contributed by atoms with Gasteiger partial charge in [-0.1, -0.05) is 0 Å². The third-order valence-electron chi connectivity index (χ3n) is 3.96. The SMILES string of the molecule is CCOC(=O)c1c(C)[nH]c(C(=O)NCCNc2ccc([N+](=O)[O-])cc2)c1C. The molecule has 0 aliphatic rings. The van der Waals surface area contributed by atoms with Gasteiger partial charge in [0, 0.05) is 36.6 Å². The number of aryl methyl sites for hydroxylation is 1. The highest BCUT2D eigenvalue weighted by Crippen LogP contribution is 2.19. The predicted molar refractivity (Wildman–Crippen MR) is 100 cm³/mol. The number of carbonyl (C=O) groups excluding carboxylic acids is 2. The Hall–Kier alpha value is -3.36. The lowest BCUT2D eigenvalue weighted by atomic mass is 10.1. The van der Waals surface area contributed by atoms with Crippen molar-refractivity contribution >= 4 is 23.3 Å². The van der Waals surface area contributed by atoms with E-state index < -0.39 is 10.9 Å². The number of H-pyrrole nitrogens is 1. The first-order valence-corrected chi connectivity index (χ1v) is 8.48. The van der Waals surface area contributed by atoms with Gasteiger partial charge in [0.05, 0.1) is 17.1 Å². The van der Waals surface area contributed by atoms with E-state index in [1.54, 1.807) is 32.9 Å². The van der Waals surface area contributed by atoms with Gasteiger partial charge in [-0.05, 0) is 38.5 Å². The monoisotopic (exact) mass is 374 g/mol. The number of non-ortho nitro benzene ring substituents is 1. The number of nitrogens with zero attached hydrogens (tertiary/aromatic N) is 1. The summed E-state index contributed by atoms with van der Waals surface area (Å²) in [5.41, 5.74) is 2.57. The van der Waals surface area contributed by atoms with Gasteiger partial charge in [-0.25, -0.2) is 4.79 Å². The zero-order chi connectivity index (χ0) is 20.0. The number of carbonyl (C=O) groups is 2. The summed E-state index contributed by atoms with van der Waals surface area (Å²) in [7, 11) is 0. The molecule has 9 heteroatoms. The molecule has 0 atom stereocenters. The number of hydrogen-bond donors (Lipinski definition) is 3. The molecule has 0 radical (unpaired) electrons. The van der Waals surface area contributed by atoms with Gasteiger partial charge in [-0.3, -0.25) is 14.9 Å². The Labute approximate surface area is 156 Å². The van der Waals surface area contributed by atoms with Crippen LogP contribution < -0.4 is 10.6 Å². The van der Waals surface area contributed by atoms with E-state index in [-0.39, 0.29) is 18.2 Å². The fourth-order valence-corrected chi connectivity index (χ4v) is 2.66. The lowest BCUT2D eigenvalue weighted by Gasteiger charge is -2.08. The Balaban J connectivity index is 1.90. The van der Waals surface area contributed by atoms with Gasteiger partial charge in [0.1, 0.15) is 5.69 Å². The molecule has 9 nitrogen and oxygen atoms in total. The molecule has 0 unspecified atom stereocenters. The minimum atomic E-state index is -0.463. The molecule has 144 valence electrons. The minimum Gasteiger partial charge on any atom is -0.462 e. The quantitative estimate of drug-likeness (QED) is 0.282. The number of esters is 1. The molecular weight excluding hydrogens is 352 g/mol. The molecular formula is C18H22N4O5. The summed E-state index contributed by atoms with van der Waals surface area (Å²) in [6.45, 7) is 6.17. The first-order chi connectivity index (χ1) is 12.8. The largest absolute Gasteiger partial charge is 0.462 e. The van der Waals surface area contributed by atoms with Crippen molar-refractivity contribution in [2.45, 2.75) is 20.8 Å². The Morgan fingerprint density at radius 3 is 2.44 bits per heavy atom. The highest BCUT2D eigenvalue weighted by molar-refractivity contribution is 6.00. The number of ether oxygens (including phenoxy) is 1. The van der Waals surface area contributed by atoms with Gasteiger partial charge in [0.15, 0.2) is 0 Å². The van der Waals surface area contributed by atoms with Crippen molar-refractivity contribution in [3.05, 3.63) is 56.9 Å². The van der Waals surface area contributed by atoms with Crippen molar-refractivity contribution in [2.24, 2.45) is 0 Å². The molecule has 1 aromatic heterocycles. The maximum Gasteiger partial charge on any atom is 0.340 e. The average Bonchev–Trinajstić information content (AvgIpc) is 2.93. The van der Waals surface area contributed by atoms with Crippen molar-refractivity contribution < 1.29 is 19.2 Å². The van der Waals surface area contributed by atoms with Gasteiger partial charge in [-0.2, -0.15) is 0 Å². The summed E-state index contributed by atoms with van der Waals surface area (Å²) in [4.78, 5) is 37.4. The number of nitro benzene ring substituents is 1. The Kier molecular flexibility index (Phi) is 6.53. The van der Waals surface area contributed by atoms with Crippen LogP contribution in [0.5, 0.6) is 0 Å². The van der Waals surface area contributed by atoms with E-state index >= 15 is 0 Å². The molecule has 0 bridgehead atoms. The van der Waals surface area contributed by atoms with Crippen LogP contribution in [0.3, 0.4) is 0 Å². The van der Waals surface area contributed by atoms with Crippen molar-refractivity contribution in [2.75, 3.05) is 25.0 Å². The lowest BCUT2D eigenvalue weighted by Crippen LogP contribution is -2.29. The van der Waals surface area contributed by atoms with E-state index in [4.69, 9.17) is 4.74 Å². The van der Waals surface area contributed by atoms with Crippen molar-refractivity contribution in [3.63, 3.8) is 0 Å². The molecule has 0 saturated heterocycles. The van der Waals surface area contributed by atoms with Gasteiger partial charge in [0.2, 0.25) is 0 Å². The Morgan fingerprint density at radius 2 is 1.85 bits per heavy atom. The van der Waals surface area contributed by atoms with E-state index in [0.717, 1.165) is 0 Å². The zero-order valence-electron chi connectivity index (χ0n) is 15.4. The van der Waals surface area contributed by atoms with Crippen LogP contribution in [0.1, 0.15) is 39.0 Å². The van der Waals surface area contributed by atoms with Gasteiger partial charge < -0.3 is 20.4 Å². The van der Waals surface area contributed by atoms with Crippen LogP contribution >= 0.6 is 0 Å². The number of nitrogens with one attached hydrogen (secondary N) is 3. The predicted octanol–water partition coefficient (Wildman–Crippen LogP) is 2.56. The second kappa shape index (κ2) is 8.84. The van der Waals surface area contributed by atoms with Crippen LogP contribution in [0.15, 0.2) is 24.3 Å². The topological polar surface area (TPSA) is 126 Å². The van der Waals surface area contributed by atoms with E-state index in [2.05, 4.69) is 15.6 Å². The van der Waals surface area contributed by atoms with Crippen LogP contribution in [0, 0.1) is 24.0 Å². The van der Waals surface area contributed by atoms with Gasteiger partial charge >= 0.3 is 5.97 Å². The summed E-state index contributed by atoms with van der Waals surface area (Å²) in [5.74, 6) is -0.778. The van der Waals surface area contributed by atoms with E-state index in [1.807, 2.05) is 0 Å². The number of hydrogen-bond acceptors (Lipinski definition) is 6. The third-order valence-corrected chi connectivity index (χ3v) is 3.96. The smallest absolute Gasteiger partial charge is 0.340 e. The van der Waals surface area contributed by atoms with Crippen molar-refractivity contribution in [1.82, 2.24) is 10.3 Å². The fraction of sp³-hybridized carbons (Fsp3) is 0.333. The Bertz CT molecular complexity index is 842. The highest BCUT2D eigenvalue weighted by Gasteiger charge is 2.22. The van der Waals surface area contributed by atoms with Gasteiger partial charge in [-0.15, -0.1) is 0 Å². The van der Waals surface area contributed by atoms with Crippen molar-refractivity contribution in [1.29, 1.82) is 0 Å². The third kappa shape index (κ3) is 4.84. The maximum atomic E-state index is 12.3. The first-order valence-electron chi connectivity index (χ1n) is 8.48.